The molecule has 1 fully saturated rings. The van der Waals surface area contributed by atoms with Crippen molar-refractivity contribution in [2.24, 2.45) is 4.99 Å². The van der Waals surface area contributed by atoms with E-state index in [1.165, 1.54) is 29.2 Å². The van der Waals surface area contributed by atoms with Crippen molar-refractivity contribution in [2.45, 2.75) is 0 Å². The fraction of sp³-hybridized carbons (Fsp3) is 0. The lowest BCUT2D eigenvalue weighted by Gasteiger charge is -2.15. The van der Waals surface area contributed by atoms with E-state index in [0.717, 1.165) is 11.8 Å². The number of thioether (sulfide) groups is 1. The number of hydrogen-bond donors (Lipinski definition) is 1. The van der Waals surface area contributed by atoms with Gasteiger partial charge in [-0.05, 0) is 54.2 Å². The summed E-state index contributed by atoms with van der Waals surface area (Å²) < 4.78 is 0. The first-order valence-electron chi connectivity index (χ1n) is 9.38. The molecule has 0 aliphatic carbocycles. The van der Waals surface area contributed by atoms with Gasteiger partial charge in [0, 0.05) is 6.07 Å². The quantitative estimate of drug-likeness (QED) is 0.332. The Morgan fingerprint density at radius 1 is 1.03 bits per heavy atom. The number of amides is 1. The van der Waals surface area contributed by atoms with E-state index in [-0.39, 0.29) is 22.1 Å². The molecule has 9 heteroatoms. The van der Waals surface area contributed by atoms with Crippen LogP contribution in [0.5, 0.6) is 0 Å². The Hall–Kier alpha value is -4.24. The van der Waals surface area contributed by atoms with E-state index in [1.807, 2.05) is 6.07 Å². The highest BCUT2D eigenvalue weighted by molar-refractivity contribution is 8.19. The van der Waals surface area contributed by atoms with E-state index >= 15 is 0 Å². The zero-order chi connectivity index (χ0) is 22.7. The number of rotatable bonds is 5. The largest absolute Gasteiger partial charge is 0.478 e. The minimum Gasteiger partial charge on any atom is -0.478 e. The lowest BCUT2D eigenvalue weighted by molar-refractivity contribution is -0.385. The summed E-state index contributed by atoms with van der Waals surface area (Å²) in [5.41, 5.74) is 1.20. The maximum Gasteiger partial charge on any atom is 0.335 e. The predicted octanol–water partition coefficient (Wildman–Crippen LogP) is 5.10. The first kappa shape index (κ1) is 21.0. The van der Waals surface area contributed by atoms with Crippen LogP contribution in [0.1, 0.15) is 15.9 Å². The number of para-hydroxylation sites is 2. The molecule has 0 radical (unpaired) electrons. The minimum atomic E-state index is -1.08. The Balaban J connectivity index is 1.81. The van der Waals surface area contributed by atoms with Crippen molar-refractivity contribution in [1.82, 2.24) is 0 Å². The van der Waals surface area contributed by atoms with Crippen LogP contribution in [0.2, 0.25) is 0 Å². The van der Waals surface area contributed by atoms with Gasteiger partial charge in [-0.25, -0.2) is 9.79 Å². The van der Waals surface area contributed by atoms with Crippen molar-refractivity contribution in [3.63, 3.8) is 0 Å². The molecular formula is C23H15N3O5S. The average Bonchev–Trinajstić information content (AvgIpc) is 3.09. The number of amidine groups is 1. The molecule has 4 rings (SSSR count). The molecule has 1 heterocycles. The van der Waals surface area contributed by atoms with Crippen LogP contribution in [0.25, 0.3) is 6.08 Å². The predicted molar refractivity (Wildman–Crippen MR) is 123 cm³/mol. The Bertz CT molecular complexity index is 1290. The van der Waals surface area contributed by atoms with Gasteiger partial charge in [0.2, 0.25) is 0 Å². The summed E-state index contributed by atoms with van der Waals surface area (Å²) in [5.74, 6) is -1.47. The van der Waals surface area contributed by atoms with Gasteiger partial charge in [0.15, 0.2) is 5.17 Å². The molecule has 0 saturated carbocycles. The number of carboxylic acid groups (broad SMARTS) is 1. The summed E-state index contributed by atoms with van der Waals surface area (Å²) in [4.78, 5) is 41.6. The third-order valence-corrected chi connectivity index (χ3v) is 5.53. The van der Waals surface area contributed by atoms with Gasteiger partial charge in [-0.15, -0.1) is 0 Å². The van der Waals surface area contributed by atoms with Crippen LogP contribution in [0.3, 0.4) is 0 Å². The van der Waals surface area contributed by atoms with E-state index in [0.29, 0.717) is 22.1 Å². The number of anilines is 1. The van der Waals surface area contributed by atoms with Crippen LogP contribution < -0.4 is 4.90 Å². The molecule has 0 aromatic heterocycles. The molecule has 1 N–H and O–H groups in total. The molecule has 3 aromatic carbocycles. The molecule has 1 aliphatic heterocycles. The summed E-state index contributed by atoms with van der Waals surface area (Å²) in [6.45, 7) is 0. The van der Waals surface area contributed by atoms with E-state index in [1.54, 1.807) is 54.6 Å². The highest BCUT2D eigenvalue weighted by Gasteiger charge is 2.35. The van der Waals surface area contributed by atoms with Crippen LogP contribution in [0.15, 0.2) is 88.8 Å². The first-order valence-corrected chi connectivity index (χ1v) is 10.2. The SMILES string of the molecule is O=C(O)c1cccc(N=C2S/C(=C\c3ccccc3[N+](=O)[O-])C(=O)N2c2ccccc2)c1. The fourth-order valence-corrected chi connectivity index (χ4v) is 4.08. The van der Waals surface area contributed by atoms with Gasteiger partial charge < -0.3 is 5.11 Å². The van der Waals surface area contributed by atoms with Gasteiger partial charge in [-0.2, -0.15) is 0 Å². The second kappa shape index (κ2) is 8.86. The van der Waals surface area contributed by atoms with E-state index < -0.39 is 10.9 Å². The molecule has 0 atom stereocenters. The number of hydrogen-bond acceptors (Lipinski definition) is 6. The zero-order valence-electron chi connectivity index (χ0n) is 16.4. The van der Waals surface area contributed by atoms with Gasteiger partial charge in [-0.1, -0.05) is 36.4 Å². The van der Waals surface area contributed by atoms with Crippen molar-refractivity contribution in [3.8, 4) is 0 Å². The molecule has 32 heavy (non-hydrogen) atoms. The molecule has 1 saturated heterocycles. The molecule has 0 unspecified atom stereocenters. The fourth-order valence-electron chi connectivity index (χ4n) is 3.09. The number of benzene rings is 3. The number of aromatic carboxylic acids is 1. The van der Waals surface area contributed by atoms with Crippen molar-refractivity contribution in [3.05, 3.63) is 105 Å². The van der Waals surface area contributed by atoms with Crippen LogP contribution in [0.4, 0.5) is 17.1 Å². The molecule has 1 amide bonds. The van der Waals surface area contributed by atoms with E-state index in [9.17, 15) is 24.8 Å². The van der Waals surface area contributed by atoms with E-state index in [4.69, 9.17) is 0 Å². The highest BCUT2D eigenvalue weighted by Crippen LogP contribution is 2.38. The summed E-state index contributed by atoms with van der Waals surface area (Å²) in [5, 5.41) is 20.9. The van der Waals surface area contributed by atoms with Crippen LogP contribution >= 0.6 is 11.8 Å². The van der Waals surface area contributed by atoms with Gasteiger partial charge >= 0.3 is 5.97 Å². The number of nitrogens with zero attached hydrogens (tertiary/aromatic N) is 3. The summed E-state index contributed by atoms with van der Waals surface area (Å²) >= 11 is 1.06. The van der Waals surface area contributed by atoms with Crippen molar-refractivity contribution in [1.29, 1.82) is 0 Å². The standard InChI is InChI=1S/C23H15N3O5S/c27-21-20(14-15-7-4-5-12-19(15)26(30)31)32-23(25(21)18-10-2-1-3-11-18)24-17-9-6-8-16(13-17)22(28)29/h1-14H,(H,28,29)/b20-14-,24-23?. The Labute approximate surface area is 186 Å². The molecule has 1 aliphatic rings. The third kappa shape index (κ3) is 4.28. The van der Waals surface area contributed by atoms with Gasteiger partial charge in [0.05, 0.1) is 32.3 Å². The summed E-state index contributed by atoms with van der Waals surface area (Å²) in [7, 11) is 0. The van der Waals surface area contributed by atoms with Crippen LogP contribution in [-0.4, -0.2) is 27.1 Å². The van der Waals surface area contributed by atoms with Gasteiger partial charge in [-0.3, -0.25) is 19.8 Å². The first-order chi connectivity index (χ1) is 15.4. The monoisotopic (exact) mass is 445 g/mol. The van der Waals surface area contributed by atoms with E-state index in [2.05, 4.69) is 4.99 Å². The number of nitro groups is 1. The number of carbonyl (C=O) groups excluding carboxylic acids is 1. The smallest absolute Gasteiger partial charge is 0.335 e. The minimum absolute atomic E-state index is 0.0723. The number of carboxylic acids is 1. The molecule has 3 aromatic rings. The van der Waals surface area contributed by atoms with Crippen molar-refractivity contribution < 1.29 is 19.6 Å². The number of carbonyl (C=O) groups is 2. The Morgan fingerprint density at radius 2 is 1.75 bits per heavy atom. The Morgan fingerprint density at radius 3 is 2.47 bits per heavy atom. The van der Waals surface area contributed by atoms with Crippen molar-refractivity contribution >= 4 is 51.9 Å². The normalized spacial score (nSPS) is 16.0. The number of aliphatic imine (C=N–C) groups is 1. The summed E-state index contributed by atoms with van der Waals surface area (Å²) in [6, 6.07) is 21.1. The lowest BCUT2D eigenvalue weighted by atomic mass is 10.1. The Kier molecular flexibility index (Phi) is 5.82. The molecule has 158 valence electrons. The van der Waals surface area contributed by atoms with Gasteiger partial charge in [0.1, 0.15) is 0 Å². The van der Waals surface area contributed by atoms with Crippen LogP contribution in [-0.2, 0) is 4.79 Å². The van der Waals surface area contributed by atoms with Crippen molar-refractivity contribution in [2.75, 3.05) is 4.90 Å². The zero-order valence-corrected chi connectivity index (χ0v) is 17.2. The molecule has 0 spiro atoms. The molecular weight excluding hydrogens is 430 g/mol. The number of nitro benzene ring substituents is 1. The topological polar surface area (TPSA) is 113 Å². The highest BCUT2D eigenvalue weighted by atomic mass is 32.2. The molecule has 8 nitrogen and oxygen atoms in total. The average molecular weight is 445 g/mol. The second-order valence-electron chi connectivity index (χ2n) is 6.65. The summed E-state index contributed by atoms with van der Waals surface area (Å²) in [6.07, 6.45) is 1.47. The third-order valence-electron chi connectivity index (χ3n) is 4.56. The lowest BCUT2D eigenvalue weighted by Crippen LogP contribution is -2.28. The maximum absolute atomic E-state index is 13.3. The molecule has 0 bridgehead atoms. The second-order valence-corrected chi connectivity index (χ2v) is 7.66. The van der Waals surface area contributed by atoms with Crippen LogP contribution in [0, 0.1) is 10.1 Å². The van der Waals surface area contributed by atoms with Gasteiger partial charge in [0.25, 0.3) is 11.6 Å². The maximum atomic E-state index is 13.3.